The number of urea groups is 1. The second-order valence-electron chi connectivity index (χ2n) is 7.73. The van der Waals surface area contributed by atoms with Gasteiger partial charge in [-0.2, -0.15) is 13.1 Å². The Hall–Kier alpha value is -4.96. The van der Waals surface area contributed by atoms with Crippen molar-refractivity contribution in [3.05, 3.63) is 39.3 Å². The lowest BCUT2D eigenvalue weighted by Crippen LogP contribution is -2.74. The number of aromatic nitrogens is 2. The van der Waals surface area contributed by atoms with Crippen LogP contribution in [0.2, 0.25) is 0 Å². The van der Waals surface area contributed by atoms with Gasteiger partial charge in [-0.05, 0) is 0 Å². The van der Waals surface area contributed by atoms with Gasteiger partial charge in [-0.3, -0.25) is 18.9 Å². The van der Waals surface area contributed by atoms with Gasteiger partial charge in [0.1, 0.15) is 11.7 Å². The van der Waals surface area contributed by atoms with Crippen molar-refractivity contribution in [1.82, 2.24) is 30.0 Å². The van der Waals surface area contributed by atoms with Crippen molar-refractivity contribution in [2.24, 2.45) is 5.16 Å². The number of anilines is 1. The van der Waals surface area contributed by atoms with Crippen LogP contribution in [0, 0.1) is 0 Å². The lowest BCUT2D eigenvalue weighted by atomic mass is 9.98. The summed E-state index contributed by atoms with van der Waals surface area (Å²) in [5.41, 5.74) is 3.79. The number of nitrogens with two attached hydrogens (primary N) is 1. The first-order chi connectivity index (χ1) is 18.7. The van der Waals surface area contributed by atoms with E-state index in [4.69, 9.17) is 10.8 Å². The average Bonchev–Trinajstić information content (AvgIpc) is 3.28. The molecule has 0 aromatic carbocycles. The van der Waals surface area contributed by atoms with Gasteiger partial charge in [0.05, 0.1) is 24.5 Å². The van der Waals surface area contributed by atoms with E-state index in [1.54, 1.807) is 0 Å². The molecule has 0 spiro atoms. The molecule has 3 rings (SSSR count). The number of oxime groups is 1. The molecule has 216 valence electrons. The molecular weight excluding hydrogens is 584 g/mol. The van der Waals surface area contributed by atoms with Crippen LogP contribution in [0.4, 0.5) is 9.93 Å². The van der Waals surface area contributed by atoms with E-state index in [0.717, 1.165) is 17.4 Å². The molecule has 40 heavy (non-hydrogen) atoms. The summed E-state index contributed by atoms with van der Waals surface area (Å²) in [5.74, 6) is -4.60. The van der Waals surface area contributed by atoms with Crippen molar-refractivity contribution >= 4 is 56.3 Å². The van der Waals surface area contributed by atoms with E-state index in [1.807, 2.05) is 0 Å². The highest BCUT2D eigenvalue weighted by Gasteiger charge is 2.54. The third kappa shape index (κ3) is 6.91. The second-order valence-corrected chi connectivity index (χ2v) is 9.91. The van der Waals surface area contributed by atoms with E-state index in [1.165, 1.54) is 5.38 Å². The number of pyridine rings is 1. The molecule has 2 aromatic rings. The molecule has 0 radical (unpaired) electrons. The minimum atomic E-state index is -5.12. The number of rotatable bonds is 11. The standard InChI is InChI=1S/C18H20N8O12S2/c19-17-22-8(6-39-17)13(24-38-5-12(29)30)15(31)23-14-9(26(16(14)32)40(35,36)37)3-21-18(33)20-2-7-1-10(27)11(28)4-25(7)34/h1,4,6,9,14,28,34H,2-3,5H2,(H2,19,22)(H,23,31)(H,29,30)(H2,20,21,33)(H,35,36,37). The summed E-state index contributed by atoms with van der Waals surface area (Å²) in [5, 5.41) is 38.9. The number of aromatic hydroxyl groups is 1. The SMILES string of the molecule is Nc1nc(C(=NOCC(=O)O)C(=O)NC2C(=O)N(S(=O)(=O)O)C2CNC(=O)NCc2cc(=O)c(O)cn2O)cs1. The molecule has 1 saturated heterocycles. The molecule has 0 bridgehead atoms. The summed E-state index contributed by atoms with van der Waals surface area (Å²) in [6.45, 7) is -2.01. The molecule has 1 aliphatic rings. The van der Waals surface area contributed by atoms with Crippen molar-refractivity contribution in [3.63, 3.8) is 0 Å². The van der Waals surface area contributed by atoms with Crippen molar-refractivity contribution in [1.29, 1.82) is 0 Å². The van der Waals surface area contributed by atoms with Gasteiger partial charge >= 0.3 is 22.3 Å². The number of nitrogen functional groups attached to an aromatic ring is 1. The Labute approximate surface area is 226 Å². The summed E-state index contributed by atoms with van der Waals surface area (Å²) >= 11 is 0.895. The van der Waals surface area contributed by atoms with Gasteiger partial charge < -0.3 is 41.9 Å². The van der Waals surface area contributed by atoms with Crippen LogP contribution in [0.5, 0.6) is 5.75 Å². The molecule has 2 atom stereocenters. The number of carbonyl (C=O) groups is 4. The van der Waals surface area contributed by atoms with Gasteiger partial charge in [0.25, 0.3) is 11.8 Å². The minimum absolute atomic E-state index is 0.00214. The Morgan fingerprint density at radius 2 is 1.95 bits per heavy atom. The lowest BCUT2D eigenvalue weighted by molar-refractivity contribution is -0.144. The van der Waals surface area contributed by atoms with Crippen molar-refractivity contribution in [2.75, 3.05) is 18.9 Å². The number of hydrogen-bond donors (Lipinski definition) is 8. The summed E-state index contributed by atoms with van der Waals surface area (Å²) in [7, 11) is -5.12. The molecule has 1 fully saturated rings. The van der Waals surface area contributed by atoms with Crippen LogP contribution in [0.15, 0.2) is 27.6 Å². The molecule has 1 aliphatic heterocycles. The number of carboxylic acids is 1. The summed E-state index contributed by atoms with van der Waals surface area (Å²) in [4.78, 5) is 68.1. The smallest absolute Gasteiger partial charge is 0.362 e. The van der Waals surface area contributed by atoms with Crippen LogP contribution in [0.1, 0.15) is 11.4 Å². The van der Waals surface area contributed by atoms with Crippen LogP contribution in [-0.2, 0) is 36.1 Å². The highest BCUT2D eigenvalue weighted by molar-refractivity contribution is 7.84. The van der Waals surface area contributed by atoms with Crippen LogP contribution in [0.3, 0.4) is 0 Å². The highest BCUT2D eigenvalue weighted by Crippen LogP contribution is 2.23. The molecule has 2 unspecified atom stereocenters. The molecule has 3 heterocycles. The van der Waals surface area contributed by atoms with E-state index in [2.05, 4.69) is 30.9 Å². The van der Waals surface area contributed by atoms with Crippen LogP contribution in [0.25, 0.3) is 0 Å². The number of aliphatic carboxylic acids is 1. The fourth-order valence-corrected chi connectivity index (χ4v) is 4.67. The molecule has 22 heteroatoms. The number of carboxylic acid groups (broad SMARTS) is 1. The van der Waals surface area contributed by atoms with E-state index in [9.17, 15) is 47.3 Å². The first kappa shape index (κ1) is 29.6. The maximum absolute atomic E-state index is 12.9. The third-order valence-electron chi connectivity index (χ3n) is 5.02. The summed E-state index contributed by atoms with van der Waals surface area (Å²) < 4.78 is 33.2. The Morgan fingerprint density at radius 1 is 1.25 bits per heavy atom. The van der Waals surface area contributed by atoms with Crippen LogP contribution in [-0.4, -0.2) is 97.2 Å². The number of nitrogens with one attached hydrogen (secondary N) is 3. The minimum Gasteiger partial charge on any atom is -0.503 e. The number of thiazole rings is 1. The molecular formula is C18H20N8O12S2. The normalized spacial score (nSPS) is 17.1. The Bertz CT molecular complexity index is 1540. The highest BCUT2D eigenvalue weighted by atomic mass is 32.2. The van der Waals surface area contributed by atoms with Crippen molar-refractivity contribution in [3.8, 4) is 5.75 Å². The largest absolute Gasteiger partial charge is 0.503 e. The molecule has 0 aliphatic carbocycles. The molecule has 4 amide bonds. The van der Waals surface area contributed by atoms with Crippen LogP contribution < -0.4 is 27.1 Å². The predicted molar refractivity (Wildman–Crippen MR) is 131 cm³/mol. The first-order valence-electron chi connectivity index (χ1n) is 10.6. The zero-order valence-electron chi connectivity index (χ0n) is 19.7. The molecule has 9 N–H and O–H groups in total. The van der Waals surface area contributed by atoms with Gasteiger partial charge in [0.15, 0.2) is 16.6 Å². The van der Waals surface area contributed by atoms with E-state index in [0.29, 0.717) is 10.9 Å². The predicted octanol–water partition coefficient (Wildman–Crippen LogP) is -3.37. The van der Waals surface area contributed by atoms with Crippen molar-refractivity contribution in [2.45, 2.75) is 18.6 Å². The summed E-state index contributed by atoms with van der Waals surface area (Å²) in [6.07, 6.45) is 0.693. The third-order valence-corrected chi connectivity index (χ3v) is 6.64. The Balaban J connectivity index is 1.71. The average molecular weight is 605 g/mol. The monoisotopic (exact) mass is 604 g/mol. The van der Waals surface area contributed by atoms with E-state index >= 15 is 0 Å². The maximum Gasteiger partial charge on any atom is 0.362 e. The molecule has 20 nitrogen and oxygen atoms in total. The number of hydrogen-bond acceptors (Lipinski definition) is 14. The Morgan fingerprint density at radius 3 is 2.55 bits per heavy atom. The number of carbonyl (C=O) groups excluding carboxylic acids is 3. The molecule has 2 aromatic heterocycles. The second kappa shape index (κ2) is 11.8. The van der Waals surface area contributed by atoms with Gasteiger partial charge in [-0.25, -0.2) is 18.9 Å². The number of amides is 4. The topological polar surface area (TPSA) is 305 Å². The fraction of sp³-hybridized carbons (Fsp3) is 0.278. The van der Waals surface area contributed by atoms with Crippen LogP contribution >= 0.6 is 11.3 Å². The quantitative estimate of drug-likeness (QED) is 0.0408. The van der Waals surface area contributed by atoms with E-state index < -0.39 is 82.8 Å². The zero-order chi connectivity index (χ0) is 29.8. The zero-order valence-corrected chi connectivity index (χ0v) is 21.4. The fourth-order valence-electron chi connectivity index (χ4n) is 3.24. The Kier molecular flexibility index (Phi) is 8.75. The number of nitrogens with zero attached hydrogens (tertiary/aromatic N) is 4. The van der Waals surface area contributed by atoms with Gasteiger partial charge in [0.2, 0.25) is 12.0 Å². The van der Waals surface area contributed by atoms with Crippen molar-refractivity contribution < 1.29 is 52.4 Å². The molecule has 0 saturated carbocycles. The summed E-state index contributed by atoms with van der Waals surface area (Å²) in [6, 6.07) is -3.32. The number of β-lactam (4-membered cyclic amide) rings is 1. The van der Waals surface area contributed by atoms with Gasteiger partial charge in [-0.1, -0.05) is 5.16 Å². The van der Waals surface area contributed by atoms with Gasteiger partial charge in [0, 0.05) is 18.0 Å². The van der Waals surface area contributed by atoms with E-state index in [-0.39, 0.29) is 20.8 Å². The lowest BCUT2D eigenvalue weighted by Gasteiger charge is -2.44. The van der Waals surface area contributed by atoms with Gasteiger partial charge in [-0.15, -0.1) is 11.3 Å². The maximum atomic E-state index is 12.9. The first-order valence-corrected chi connectivity index (χ1v) is 12.9.